The molecule has 2 aromatic rings. The van der Waals surface area contributed by atoms with Crippen LogP contribution in [0.15, 0.2) is 46.9 Å². The molecule has 0 saturated heterocycles. The molecule has 0 atom stereocenters. The number of nitrogens with one attached hydrogen (secondary N) is 1. The Hall–Kier alpha value is -2.47. The van der Waals surface area contributed by atoms with E-state index in [9.17, 15) is 4.79 Å². The molecule has 0 aliphatic heterocycles. The van der Waals surface area contributed by atoms with Gasteiger partial charge >= 0.3 is 0 Å². The van der Waals surface area contributed by atoms with Gasteiger partial charge in [0.25, 0.3) is 0 Å². The van der Waals surface area contributed by atoms with Crippen LogP contribution in [0, 0.1) is 0 Å². The summed E-state index contributed by atoms with van der Waals surface area (Å²) in [5.74, 6) is 1.92. The summed E-state index contributed by atoms with van der Waals surface area (Å²) >= 11 is 3.41. The number of methoxy groups -OCH3 is 3. The first-order valence-corrected chi connectivity index (χ1v) is 8.87. The van der Waals surface area contributed by atoms with E-state index in [-0.39, 0.29) is 5.91 Å². The van der Waals surface area contributed by atoms with Crippen molar-refractivity contribution in [3.8, 4) is 17.2 Å². The van der Waals surface area contributed by atoms with Crippen molar-refractivity contribution in [1.29, 1.82) is 0 Å². The number of hydrogen-bond acceptors (Lipinski definition) is 4. The number of hydrogen-bond donors (Lipinski definition) is 1. The first-order valence-electron chi connectivity index (χ1n) is 8.07. The minimum absolute atomic E-state index is 0.160. The highest BCUT2D eigenvalue weighted by molar-refractivity contribution is 9.10. The number of benzene rings is 2. The van der Waals surface area contributed by atoms with Gasteiger partial charge < -0.3 is 19.5 Å². The zero-order chi connectivity index (χ0) is 18.9. The van der Waals surface area contributed by atoms with Crippen LogP contribution < -0.4 is 19.5 Å². The first kappa shape index (κ1) is 19.8. The summed E-state index contributed by atoms with van der Waals surface area (Å²) in [4.78, 5) is 12.0. The standard InChI is InChI=1S/C20H22BrNO4/c1-24-17-8-6-16(21)13-15(17)5-9-20(23)22-11-10-14-4-7-18(25-2)19(12-14)26-3/h4-9,12-13H,10-11H2,1-3H3,(H,22,23)/b9-5+. The summed E-state index contributed by atoms with van der Waals surface area (Å²) in [6.45, 7) is 0.522. The van der Waals surface area contributed by atoms with Gasteiger partial charge in [-0.25, -0.2) is 0 Å². The average molecular weight is 420 g/mol. The molecule has 0 spiro atoms. The Morgan fingerprint density at radius 3 is 2.38 bits per heavy atom. The summed E-state index contributed by atoms with van der Waals surface area (Å²) in [6.07, 6.45) is 3.92. The monoisotopic (exact) mass is 419 g/mol. The van der Waals surface area contributed by atoms with Gasteiger partial charge in [-0.2, -0.15) is 0 Å². The van der Waals surface area contributed by atoms with Crippen molar-refractivity contribution in [3.05, 3.63) is 58.1 Å². The lowest BCUT2D eigenvalue weighted by molar-refractivity contribution is -0.116. The van der Waals surface area contributed by atoms with Gasteiger partial charge in [0, 0.05) is 22.7 Å². The molecule has 0 bridgehead atoms. The van der Waals surface area contributed by atoms with Crippen LogP contribution in [-0.4, -0.2) is 33.8 Å². The van der Waals surface area contributed by atoms with Gasteiger partial charge in [0.15, 0.2) is 11.5 Å². The molecule has 0 radical (unpaired) electrons. The van der Waals surface area contributed by atoms with Gasteiger partial charge in [0.2, 0.25) is 5.91 Å². The van der Waals surface area contributed by atoms with E-state index in [0.717, 1.165) is 15.6 Å². The van der Waals surface area contributed by atoms with Crippen LogP contribution in [0.5, 0.6) is 17.2 Å². The largest absolute Gasteiger partial charge is 0.496 e. The van der Waals surface area contributed by atoms with Gasteiger partial charge in [0.05, 0.1) is 21.3 Å². The summed E-state index contributed by atoms with van der Waals surface area (Å²) < 4.78 is 16.7. The van der Waals surface area contributed by atoms with Crippen LogP contribution in [-0.2, 0) is 11.2 Å². The molecule has 1 amide bonds. The van der Waals surface area contributed by atoms with Crippen molar-refractivity contribution in [3.63, 3.8) is 0 Å². The third kappa shape index (κ3) is 5.52. The normalized spacial score (nSPS) is 10.6. The fourth-order valence-electron chi connectivity index (χ4n) is 2.43. The maximum atomic E-state index is 12.0. The van der Waals surface area contributed by atoms with Crippen LogP contribution in [0.4, 0.5) is 0 Å². The fourth-order valence-corrected chi connectivity index (χ4v) is 2.80. The second-order valence-corrected chi connectivity index (χ2v) is 6.37. The van der Waals surface area contributed by atoms with E-state index in [4.69, 9.17) is 14.2 Å². The average Bonchev–Trinajstić information content (AvgIpc) is 2.66. The molecule has 0 fully saturated rings. The molecule has 2 aromatic carbocycles. The molecule has 0 aromatic heterocycles. The lowest BCUT2D eigenvalue weighted by Crippen LogP contribution is -2.23. The number of ether oxygens (including phenoxy) is 3. The van der Waals surface area contributed by atoms with Crippen molar-refractivity contribution in [2.45, 2.75) is 6.42 Å². The van der Waals surface area contributed by atoms with Crippen molar-refractivity contribution in [1.82, 2.24) is 5.32 Å². The summed E-state index contributed by atoms with van der Waals surface area (Å²) in [6, 6.07) is 11.3. The van der Waals surface area contributed by atoms with Crippen LogP contribution in [0.25, 0.3) is 6.08 Å². The third-order valence-corrected chi connectivity index (χ3v) is 4.26. The van der Waals surface area contributed by atoms with Crippen molar-refractivity contribution in [2.24, 2.45) is 0 Å². The van der Waals surface area contributed by atoms with E-state index in [1.165, 1.54) is 6.08 Å². The molecule has 2 rings (SSSR count). The predicted molar refractivity (Wildman–Crippen MR) is 106 cm³/mol. The third-order valence-electron chi connectivity index (χ3n) is 3.77. The number of amides is 1. The molecule has 26 heavy (non-hydrogen) atoms. The van der Waals surface area contributed by atoms with E-state index in [0.29, 0.717) is 30.2 Å². The smallest absolute Gasteiger partial charge is 0.244 e. The predicted octanol–water partition coefficient (Wildman–Crippen LogP) is 3.85. The molecular formula is C20H22BrNO4. The number of carbonyl (C=O) groups is 1. The molecule has 5 nitrogen and oxygen atoms in total. The first-order chi connectivity index (χ1) is 12.6. The van der Waals surface area contributed by atoms with Crippen molar-refractivity contribution >= 4 is 27.9 Å². The Morgan fingerprint density at radius 2 is 1.69 bits per heavy atom. The lowest BCUT2D eigenvalue weighted by Gasteiger charge is -2.09. The Kier molecular flexibility index (Phi) is 7.53. The quantitative estimate of drug-likeness (QED) is 0.660. The Labute approximate surface area is 162 Å². The molecule has 0 heterocycles. The van der Waals surface area contributed by atoms with Crippen LogP contribution in [0.2, 0.25) is 0 Å². The highest BCUT2D eigenvalue weighted by Gasteiger charge is 2.05. The van der Waals surface area contributed by atoms with Crippen molar-refractivity contribution < 1.29 is 19.0 Å². The number of carbonyl (C=O) groups excluding carboxylic acids is 1. The summed E-state index contributed by atoms with van der Waals surface area (Å²) in [5.41, 5.74) is 1.89. The Balaban J connectivity index is 1.90. The Bertz CT molecular complexity index is 789. The molecule has 0 aliphatic carbocycles. The van der Waals surface area contributed by atoms with Gasteiger partial charge in [-0.3, -0.25) is 4.79 Å². The molecule has 0 unspecified atom stereocenters. The fraction of sp³-hybridized carbons (Fsp3) is 0.250. The lowest BCUT2D eigenvalue weighted by atomic mass is 10.1. The second kappa shape index (κ2) is 9.87. The van der Waals surface area contributed by atoms with E-state index in [1.807, 2.05) is 36.4 Å². The van der Waals surface area contributed by atoms with E-state index in [2.05, 4.69) is 21.2 Å². The SMILES string of the molecule is COc1ccc(Br)cc1/C=C/C(=O)NCCc1ccc(OC)c(OC)c1. The molecule has 0 aliphatic rings. The maximum absolute atomic E-state index is 12.0. The summed E-state index contributed by atoms with van der Waals surface area (Å²) in [5, 5.41) is 2.87. The van der Waals surface area contributed by atoms with E-state index >= 15 is 0 Å². The van der Waals surface area contributed by atoms with E-state index < -0.39 is 0 Å². The molecular weight excluding hydrogens is 398 g/mol. The number of halogens is 1. The van der Waals surface area contributed by atoms with Crippen LogP contribution >= 0.6 is 15.9 Å². The zero-order valence-corrected chi connectivity index (χ0v) is 16.6. The Morgan fingerprint density at radius 1 is 1.00 bits per heavy atom. The van der Waals surface area contributed by atoms with Crippen LogP contribution in [0.3, 0.4) is 0 Å². The zero-order valence-electron chi connectivity index (χ0n) is 15.0. The van der Waals surface area contributed by atoms with Gasteiger partial charge in [0.1, 0.15) is 5.75 Å². The molecule has 6 heteroatoms. The van der Waals surface area contributed by atoms with Gasteiger partial charge in [-0.15, -0.1) is 0 Å². The number of rotatable bonds is 8. The molecule has 1 N–H and O–H groups in total. The molecule has 0 saturated carbocycles. The minimum Gasteiger partial charge on any atom is -0.496 e. The van der Waals surface area contributed by atoms with E-state index in [1.54, 1.807) is 27.4 Å². The second-order valence-electron chi connectivity index (χ2n) is 5.45. The van der Waals surface area contributed by atoms with Crippen molar-refractivity contribution in [2.75, 3.05) is 27.9 Å². The maximum Gasteiger partial charge on any atom is 0.244 e. The minimum atomic E-state index is -0.160. The van der Waals surface area contributed by atoms with Gasteiger partial charge in [-0.1, -0.05) is 22.0 Å². The highest BCUT2D eigenvalue weighted by atomic mass is 79.9. The van der Waals surface area contributed by atoms with Gasteiger partial charge in [-0.05, 0) is 48.4 Å². The molecule has 138 valence electrons. The summed E-state index contributed by atoms with van der Waals surface area (Å²) in [7, 11) is 4.80. The topological polar surface area (TPSA) is 56.8 Å². The van der Waals surface area contributed by atoms with Crippen LogP contribution in [0.1, 0.15) is 11.1 Å². The highest BCUT2D eigenvalue weighted by Crippen LogP contribution is 2.27.